The Morgan fingerprint density at radius 1 is 1.38 bits per heavy atom. The Morgan fingerprint density at radius 3 is 2.75 bits per heavy atom. The van der Waals surface area contributed by atoms with Crippen LogP contribution in [0.3, 0.4) is 0 Å². The molecular weight excluding hydrogens is 304 g/mol. The topological polar surface area (TPSA) is 88.5 Å². The molecule has 24 heavy (non-hydrogen) atoms. The molecule has 128 valence electrons. The van der Waals surface area contributed by atoms with Crippen LogP contribution in [0.1, 0.15) is 56.2 Å². The summed E-state index contributed by atoms with van der Waals surface area (Å²) in [5, 5.41) is 20.0. The second kappa shape index (κ2) is 7.30. The number of aromatic nitrogens is 4. The van der Waals surface area contributed by atoms with Gasteiger partial charge >= 0.3 is 0 Å². The SMILES string of the molecule is Cn1nc(C(C)(C)C)cc1C(=O)Nc1cnn(CCCCC#N)c1. The van der Waals surface area contributed by atoms with Gasteiger partial charge in [0, 0.05) is 31.6 Å². The highest BCUT2D eigenvalue weighted by Crippen LogP contribution is 2.21. The number of rotatable bonds is 6. The van der Waals surface area contributed by atoms with E-state index < -0.39 is 0 Å². The predicted octanol–water partition coefficient (Wildman–Crippen LogP) is 2.86. The molecule has 2 aromatic heterocycles. The molecule has 0 atom stereocenters. The molecule has 0 aliphatic heterocycles. The molecule has 0 aliphatic rings. The lowest BCUT2D eigenvalue weighted by atomic mass is 9.92. The smallest absolute Gasteiger partial charge is 0.274 e. The standard InChI is InChI=1S/C17H24N6O/c1-17(2,3)15-10-14(22(4)21-15)16(24)20-13-11-19-23(12-13)9-7-5-6-8-18/h10-12H,5-7,9H2,1-4H3,(H,20,24). The number of nitriles is 1. The average molecular weight is 328 g/mol. The van der Waals surface area contributed by atoms with Crippen molar-refractivity contribution in [2.24, 2.45) is 7.05 Å². The van der Waals surface area contributed by atoms with Crippen LogP contribution in [0.2, 0.25) is 0 Å². The van der Waals surface area contributed by atoms with Crippen molar-refractivity contribution in [2.75, 3.05) is 5.32 Å². The molecule has 0 spiro atoms. The van der Waals surface area contributed by atoms with E-state index in [4.69, 9.17) is 5.26 Å². The third-order valence-electron chi connectivity index (χ3n) is 3.70. The molecule has 0 aliphatic carbocycles. The average Bonchev–Trinajstić information content (AvgIpc) is 3.10. The number of unbranched alkanes of at least 4 members (excludes halogenated alkanes) is 2. The van der Waals surface area contributed by atoms with Gasteiger partial charge in [-0.2, -0.15) is 15.5 Å². The highest BCUT2D eigenvalue weighted by molar-refractivity contribution is 6.03. The number of aryl methyl sites for hydroxylation is 2. The van der Waals surface area contributed by atoms with Gasteiger partial charge in [0.15, 0.2) is 0 Å². The molecule has 0 saturated heterocycles. The molecular formula is C17H24N6O. The summed E-state index contributed by atoms with van der Waals surface area (Å²) in [5.74, 6) is -0.204. The largest absolute Gasteiger partial charge is 0.318 e. The van der Waals surface area contributed by atoms with E-state index in [0.717, 1.165) is 25.1 Å². The minimum absolute atomic E-state index is 0.107. The monoisotopic (exact) mass is 328 g/mol. The summed E-state index contributed by atoms with van der Waals surface area (Å²) in [6.45, 7) is 6.92. The van der Waals surface area contributed by atoms with E-state index in [-0.39, 0.29) is 11.3 Å². The normalized spacial score (nSPS) is 11.3. The van der Waals surface area contributed by atoms with Gasteiger partial charge in [-0.3, -0.25) is 14.2 Å². The summed E-state index contributed by atoms with van der Waals surface area (Å²) in [6.07, 6.45) is 5.72. The molecule has 0 saturated carbocycles. The maximum Gasteiger partial charge on any atom is 0.274 e. The molecule has 0 unspecified atom stereocenters. The van der Waals surface area contributed by atoms with E-state index in [1.54, 1.807) is 28.8 Å². The molecule has 0 radical (unpaired) electrons. The van der Waals surface area contributed by atoms with Crippen molar-refractivity contribution in [1.29, 1.82) is 5.26 Å². The van der Waals surface area contributed by atoms with Gasteiger partial charge in [-0.15, -0.1) is 0 Å². The summed E-state index contributed by atoms with van der Waals surface area (Å²) in [5.41, 5.74) is 1.94. The Balaban J connectivity index is 1.99. The Bertz CT molecular complexity index is 744. The molecule has 7 heteroatoms. The van der Waals surface area contributed by atoms with Crippen LogP contribution in [-0.4, -0.2) is 25.5 Å². The van der Waals surface area contributed by atoms with Crippen molar-refractivity contribution in [1.82, 2.24) is 19.6 Å². The fourth-order valence-corrected chi connectivity index (χ4v) is 2.27. The van der Waals surface area contributed by atoms with Gasteiger partial charge in [-0.25, -0.2) is 0 Å². The minimum Gasteiger partial charge on any atom is -0.318 e. The maximum absolute atomic E-state index is 12.4. The molecule has 0 fully saturated rings. The first-order valence-corrected chi connectivity index (χ1v) is 8.06. The fourth-order valence-electron chi connectivity index (χ4n) is 2.27. The van der Waals surface area contributed by atoms with Crippen LogP contribution in [0.25, 0.3) is 0 Å². The Labute approximate surface area is 142 Å². The fraction of sp³-hybridized carbons (Fsp3) is 0.529. The first-order chi connectivity index (χ1) is 11.3. The molecule has 0 aromatic carbocycles. The van der Waals surface area contributed by atoms with Crippen molar-refractivity contribution in [3.63, 3.8) is 0 Å². The lowest BCUT2D eigenvalue weighted by molar-refractivity contribution is 0.101. The van der Waals surface area contributed by atoms with E-state index in [0.29, 0.717) is 17.8 Å². The molecule has 1 N–H and O–H groups in total. The van der Waals surface area contributed by atoms with E-state index in [1.807, 2.05) is 6.07 Å². The quantitative estimate of drug-likeness (QED) is 0.826. The van der Waals surface area contributed by atoms with Gasteiger partial charge in [0.2, 0.25) is 0 Å². The highest BCUT2D eigenvalue weighted by Gasteiger charge is 2.21. The van der Waals surface area contributed by atoms with Crippen LogP contribution in [0.4, 0.5) is 5.69 Å². The second-order valence-electron chi connectivity index (χ2n) is 6.85. The van der Waals surface area contributed by atoms with Crippen LogP contribution < -0.4 is 5.32 Å². The maximum atomic E-state index is 12.4. The summed E-state index contributed by atoms with van der Waals surface area (Å²) >= 11 is 0. The molecule has 0 bridgehead atoms. The Morgan fingerprint density at radius 2 is 2.12 bits per heavy atom. The number of hydrogen-bond donors (Lipinski definition) is 1. The van der Waals surface area contributed by atoms with Crippen molar-refractivity contribution in [3.8, 4) is 6.07 Å². The third-order valence-corrected chi connectivity index (χ3v) is 3.70. The molecule has 1 amide bonds. The van der Waals surface area contributed by atoms with Gasteiger partial charge < -0.3 is 5.32 Å². The van der Waals surface area contributed by atoms with Crippen LogP contribution in [0, 0.1) is 11.3 Å². The lowest BCUT2D eigenvalue weighted by Gasteiger charge is -2.13. The van der Waals surface area contributed by atoms with Crippen LogP contribution >= 0.6 is 0 Å². The van der Waals surface area contributed by atoms with E-state index in [9.17, 15) is 4.79 Å². The number of nitrogens with one attached hydrogen (secondary N) is 1. The number of nitrogens with zero attached hydrogens (tertiary/aromatic N) is 5. The summed E-state index contributed by atoms with van der Waals surface area (Å²) in [6, 6.07) is 3.95. The van der Waals surface area contributed by atoms with Crippen molar-refractivity contribution >= 4 is 11.6 Å². The van der Waals surface area contributed by atoms with E-state index in [2.05, 4.69) is 42.4 Å². The molecule has 7 nitrogen and oxygen atoms in total. The summed E-state index contributed by atoms with van der Waals surface area (Å²) in [7, 11) is 1.77. The summed E-state index contributed by atoms with van der Waals surface area (Å²) in [4.78, 5) is 12.4. The third kappa shape index (κ3) is 4.44. The molecule has 2 rings (SSSR count). The number of hydrogen-bond acceptors (Lipinski definition) is 4. The van der Waals surface area contributed by atoms with Gasteiger partial charge in [0.05, 0.1) is 23.6 Å². The highest BCUT2D eigenvalue weighted by atomic mass is 16.2. The zero-order valence-corrected chi connectivity index (χ0v) is 14.7. The van der Waals surface area contributed by atoms with Crippen molar-refractivity contribution in [2.45, 2.75) is 52.0 Å². The van der Waals surface area contributed by atoms with Crippen molar-refractivity contribution < 1.29 is 4.79 Å². The zero-order valence-electron chi connectivity index (χ0n) is 14.7. The zero-order chi connectivity index (χ0) is 17.7. The van der Waals surface area contributed by atoms with E-state index >= 15 is 0 Å². The Hall–Kier alpha value is -2.62. The van der Waals surface area contributed by atoms with Gasteiger partial charge in [-0.1, -0.05) is 20.8 Å². The Kier molecular flexibility index (Phi) is 5.39. The van der Waals surface area contributed by atoms with Crippen molar-refractivity contribution in [3.05, 3.63) is 29.8 Å². The van der Waals surface area contributed by atoms with Gasteiger partial charge in [-0.05, 0) is 18.9 Å². The van der Waals surface area contributed by atoms with Gasteiger partial charge in [0.1, 0.15) is 5.69 Å². The first kappa shape index (κ1) is 17.7. The first-order valence-electron chi connectivity index (χ1n) is 8.06. The molecule has 2 heterocycles. The van der Waals surface area contributed by atoms with E-state index in [1.165, 1.54) is 0 Å². The number of amides is 1. The van der Waals surface area contributed by atoms with Crippen LogP contribution in [0.5, 0.6) is 0 Å². The molecule has 2 aromatic rings. The predicted molar refractivity (Wildman–Crippen MR) is 91.6 cm³/mol. The number of carbonyl (C=O) groups excluding carboxylic acids is 1. The number of carbonyl (C=O) groups is 1. The lowest BCUT2D eigenvalue weighted by Crippen LogP contribution is -2.15. The summed E-state index contributed by atoms with van der Waals surface area (Å²) < 4.78 is 3.37. The number of anilines is 1. The van der Waals surface area contributed by atoms with Crippen LogP contribution in [-0.2, 0) is 19.0 Å². The van der Waals surface area contributed by atoms with Crippen LogP contribution in [0.15, 0.2) is 18.5 Å². The second-order valence-corrected chi connectivity index (χ2v) is 6.85. The van der Waals surface area contributed by atoms with Gasteiger partial charge in [0.25, 0.3) is 5.91 Å². The minimum atomic E-state index is -0.204.